The first-order chi connectivity index (χ1) is 9.61. The van der Waals surface area contributed by atoms with Crippen LogP contribution >= 0.6 is 0 Å². The highest BCUT2D eigenvalue weighted by atomic mass is 16.3. The maximum Gasteiger partial charge on any atom is 0.266 e. The molecule has 0 aliphatic carbocycles. The highest BCUT2D eigenvalue weighted by Gasteiger charge is 2.36. The summed E-state index contributed by atoms with van der Waals surface area (Å²) in [6.07, 6.45) is 0. The van der Waals surface area contributed by atoms with Crippen molar-refractivity contribution in [1.29, 1.82) is 0 Å². The topological polar surface area (TPSA) is 87.0 Å². The van der Waals surface area contributed by atoms with Crippen molar-refractivity contribution in [1.82, 2.24) is 0 Å². The Hall–Kier alpha value is -3.02. The van der Waals surface area contributed by atoms with E-state index in [0.29, 0.717) is 5.69 Å². The third kappa shape index (κ3) is 1.66. The summed E-state index contributed by atoms with van der Waals surface area (Å²) in [5.74, 6) is -0.938. The van der Waals surface area contributed by atoms with Crippen molar-refractivity contribution in [2.24, 2.45) is 5.18 Å². The van der Waals surface area contributed by atoms with Gasteiger partial charge >= 0.3 is 0 Å². The van der Waals surface area contributed by atoms with Crippen molar-refractivity contribution in [3.63, 3.8) is 0 Å². The molecule has 0 saturated heterocycles. The summed E-state index contributed by atoms with van der Waals surface area (Å²) in [6, 6.07) is 9.80. The lowest BCUT2D eigenvalue weighted by atomic mass is 10.1. The smallest absolute Gasteiger partial charge is 0.266 e. The van der Waals surface area contributed by atoms with Crippen molar-refractivity contribution in [3.05, 3.63) is 58.5 Å². The standard InChI is InChI=1S/C14H8N2O4/c17-10-4-2-9(3-5-10)16-13(18)11-6-1-8(15-20)7-12(11)14(16)19/h1-7,17H. The average molecular weight is 268 g/mol. The second kappa shape index (κ2) is 4.27. The van der Waals surface area contributed by atoms with E-state index in [1.165, 1.54) is 42.5 Å². The Bertz CT molecular complexity index is 737. The van der Waals surface area contributed by atoms with Gasteiger partial charge in [-0.15, -0.1) is 4.91 Å². The molecule has 0 radical (unpaired) electrons. The van der Waals surface area contributed by atoms with Crippen molar-refractivity contribution >= 4 is 23.2 Å². The zero-order chi connectivity index (χ0) is 14.3. The van der Waals surface area contributed by atoms with Crippen LogP contribution < -0.4 is 4.90 Å². The Morgan fingerprint density at radius 1 is 0.900 bits per heavy atom. The number of hydrogen-bond donors (Lipinski definition) is 1. The molecule has 1 heterocycles. The molecule has 2 aromatic rings. The van der Waals surface area contributed by atoms with Crippen molar-refractivity contribution in [2.45, 2.75) is 0 Å². The number of carbonyl (C=O) groups excluding carboxylic acids is 2. The first-order valence-corrected chi connectivity index (χ1v) is 5.77. The molecule has 20 heavy (non-hydrogen) atoms. The summed E-state index contributed by atoms with van der Waals surface area (Å²) in [5, 5.41) is 12.0. The number of fused-ring (bicyclic) bond motifs is 1. The lowest BCUT2D eigenvalue weighted by Gasteiger charge is -2.13. The van der Waals surface area contributed by atoms with E-state index in [1.54, 1.807) is 0 Å². The molecule has 1 aliphatic rings. The molecule has 2 aromatic carbocycles. The van der Waals surface area contributed by atoms with E-state index in [-0.39, 0.29) is 22.6 Å². The van der Waals surface area contributed by atoms with Gasteiger partial charge < -0.3 is 5.11 Å². The van der Waals surface area contributed by atoms with Crippen LogP contribution in [0.4, 0.5) is 11.4 Å². The molecule has 0 spiro atoms. The largest absolute Gasteiger partial charge is 0.508 e. The summed E-state index contributed by atoms with van der Waals surface area (Å²) in [7, 11) is 0. The summed E-state index contributed by atoms with van der Waals surface area (Å²) < 4.78 is 0. The number of carbonyl (C=O) groups is 2. The molecule has 0 fully saturated rings. The Morgan fingerprint density at radius 3 is 2.20 bits per heavy atom. The van der Waals surface area contributed by atoms with Crippen LogP contribution in [0.1, 0.15) is 20.7 Å². The van der Waals surface area contributed by atoms with Crippen LogP contribution in [0.2, 0.25) is 0 Å². The minimum Gasteiger partial charge on any atom is -0.508 e. The van der Waals surface area contributed by atoms with Crippen LogP contribution in [0, 0.1) is 4.91 Å². The number of nitroso groups, excluding NO2 is 1. The van der Waals surface area contributed by atoms with E-state index in [4.69, 9.17) is 0 Å². The number of amides is 2. The number of imide groups is 1. The van der Waals surface area contributed by atoms with Crippen LogP contribution in [0.3, 0.4) is 0 Å². The van der Waals surface area contributed by atoms with Crippen LogP contribution in [-0.4, -0.2) is 16.9 Å². The van der Waals surface area contributed by atoms with Crippen LogP contribution in [-0.2, 0) is 0 Å². The lowest BCUT2D eigenvalue weighted by molar-refractivity contribution is 0.0926. The minimum absolute atomic E-state index is 0.0396. The molecule has 0 aromatic heterocycles. The molecular formula is C14H8N2O4. The Balaban J connectivity index is 2.09. The molecule has 0 saturated carbocycles. The molecule has 1 aliphatic heterocycles. The second-order valence-corrected chi connectivity index (χ2v) is 4.28. The summed E-state index contributed by atoms with van der Waals surface area (Å²) in [6.45, 7) is 0. The van der Waals surface area contributed by atoms with Gasteiger partial charge in [0.05, 0.1) is 16.8 Å². The SMILES string of the molecule is O=Nc1ccc2c(c1)C(=O)N(c1ccc(O)cc1)C2=O. The molecule has 2 amide bonds. The fourth-order valence-corrected chi connectivity index (χ4v) is 2.12. The quantitative estimate of drug-likeness (QED) is 0.669. The third-order valence-corrected chi connectivity index (χ3v) is 3.08. The van der Waals surface area contributed by atoms with Crippen molar-refractivity contribution in [2.75, 3.05) is 4.90 Å². The molecule has 98 valence electrons. The monoisotopic (exact) mass is 268 g/mol. The number of benzene rings is 2. The molecule has 0 atom stereocenters. The summed E-state index contributed by atoms with van der Waals surface area (Å²) >= 11 is 0. The van der Waals surface area contributed by atoms with E-state index in [0.717, 1.165) is 4.90 Å². The molecule has 6 heteroatoms. The minimum atomic E-state index is -0.513. The van der Waals surface area contributed by atoms with E-state index >= 15 is 0 Å². The molecular weight excluding hydrogens is 260 g/mol. The van der Waals surface area contributed by atoms with Gasteiger partial charge in [-0.3, -0.25) is 9.59 Å². The predicted molar refractivity (Wildman–Crippen MR) is 71.1 cm³/mol. The summed E-state index contributed by atoms with van der Waals surface area (Å²) in [5.41, 5.74) is 0.836. The van der Waals surface area contributed by atoms with Crippen LogP contribution in [0.15, 0.2) is 47.6 Å². The van der Waals surface area contributed by atoms with Crippen molar-refractivity contribution in [3.8, 4) is 5.75 Å². The molecule has 3 rings (SSSR count). The Morgan fingerprint density at radius 2 is 1.55 bits per heavy atom. The molecule has 6 nitrogen and oxygen atoms in total. The zero-order valence-corrected chi connectivity index (χ0v) is 10.1. The van der Waals surface area contributed by atoms with Gasteiger partial charge in [0.15, 0.2) is 0 Å². The van der Waals surface area contributed by atoms with Gasteiger partial charge in [-0.1, -0.05) is 0 Å². The molecule has 0 bridgehead atoms. The fraction of sp³-hybridized carbons (Fsp3) is 0. The third-order valence-electron chi connectivity index (χ3n) is 3.08. The molecule has 0 unspecified atom stereocenters. The van der Waals surface area contributed by atoms with E-state index in [9.17, 15) is 19.6 Å². The maximum atomic E-state index is 12.3. The highest BCUT2D eigenvalue weighted by molar-refractivity contribution is 6.34. The van der Waals surface area contributed by atoms with E-state index in [2.05, 4.69) is 5.18 Å². The van der Waals surface area contributed by atoms with Gasteiger partial charge in [-0.2, -0.15) is 0 Å². The first kappa shape index (κ1) is 12.0. The van der Waals surface area contributed by atoms with Gasteiger partial charge in [-0.25, -0.2) is 4.90 Å². The highest BCUT2D eigenvalue weighted by Crippen LogP contribution is 2.31. The number of aromatic hydroxyl groups is 1. The van der Waals surface area contributed by atoms with Gasteiger partial charge in [-0.05, 0) is 47.6 Å². The van der Waals surface area contributed by atoms with Crippen LogP contribution in [0.5, 0.6) is 5.75 Å². The van der Waals surface area contributed by atoms with E-state index < -0.39 is 11.8 Å². The number of phenolic OH excluding ortho intramolecular Hbond substituents is 1. The first-order valence-electron chi connectivity index (χ1n) is 5.77. The predicted octanol–water partition coefficient (Wildman–Crippen LogP) is 2.59. The Kier molecular flexibility index (Phi) is 2.57. The maximum absolute atomic E-state index is 12.3. The van der Waals surface area contributed by atoms with Crippen molar-refractivity contribution < 1.29 is 14.7 Å². The number of rotatable bonds is 2. The lowest BCUT2D eigenvalue weighted by Crippen LogP contribution is -2.29. The summed E-state index contributed by atoms with van der Waals surface area (Å²) in [4.78, 5) is 36.0. The number of anilines is 1. The second-order valence-electron chi connectivity index (χ2n) is 4.28. The number of nitrogens with zero attached hydrogens (tertiary/aromatic N) is 2. The molecule has 1 N–H and O–H groups in total. The fourth-order valence-electron chi connectivity index (χ4n) is 2.12. The Labute approximate surface area is 113 Å². The van der Waals surface area contributed by atoms with E-state index in [1.807, 2.05) is 0 Å². The van der Waals surface area contributed by atoms with Gasteiger partial charge in [0.1, 0.15) is 11.4 Å². The van der Waals surface area contributed by atoms with Crippen LogP contribution in [0.25, 0.3) is 0 Å². The number of phenols is 1. The zero-order valence-electron chi connectivity index (χ0n) is 10.1. The van der Waals surface area contributed by atoms with Gasteiger partial charge in [0.25, 0.3) is 11.8 Å². The average Bonchev–Trinajstić information content (AvgIpc) is 2.72. The van der Waals surface area contributed by atoms with Gasteiger partial charge in [0.2, 0.25) is 0 Å². The normalized spacial score (nSPS) is 13.5. The van der Waals surface area contributed by atoms with Gasteiger partial charge in [0, 0.05) is 0 Å². The number of hydrogen-bond acceptors (Lipinski definition) is 5.